The zero-order valence-electron chi connectivity index (χ0n) is 27.8. The van der Waals surface area contributed by atoms with Gasteiger partial charge in [0, 0.05) is 34.0 Å². The highest BCUT2D eigenvalue weighted by Crippen LogP contribution is 2.37. The van der Waals surface area contributed by atoms with Crippen LogP contribution in [0, 0.1) is 10.1 Å². The highest BCUT2D eigenvalue weighted by molar-refractivity contribution is 8.00. The van der Waals surface area contributed by atoms with E-state index in [1.54, 1.807) is 54.6 Å². The lowest BCUT2D eigenvalue weighted by Gasteiger charge is -2.18. The molecule has 5 aromatic carbocycles. The van der Waals surface area contributed by atoms with Crippen LogP contribution in [-0.2, 0) is 9.59 Å². The van der Waals surface area contributed by atoms with Gasteiger partial charge in [-0.05, 0) is 96.4 Å². The maximum Gasteiger partial charge on any atom is 0.272 e. The lowest BCUT2D eigenvalue weighted by atomic mass is 10.1. The average Bonchev–Trinajstić information content (AvgIpc) is 3.16. The minimum absolute atomic E-state index is 0.0578. The van der Waals surface area contributed by atoms with Gasteiger partial charge in [0.1, 0.15) is 16.7 Å². The third kappa shape index (κ3) is 10.6. The van der Waals surface area contributed by atoms with Crippen LogP contribution >= 0.6 is 11.8 Å². The number of carbonyl (C=O) groups is 3. The predicted molar refractivity (Wildman–Crippen MR) is 201 cm³/mol. The SMILES string of the molecule is CCCCOc1ccc(NC(=O)C(Sc2ccc(NC(=O)/C(=C/c3ccc([N+](=O)[O-])cc3)NC(=O)c3ccccc3)cc2)c2ccccc2)cc1. The van der Waals surface area contributed by atoms with Crippen LogP contribution in [0.1, 0.15) is 46.5 Å². The predicted octanol–water partition coefficient (Wildman–Crippen LogP) is 8.66. The first-order valence-corrected chi connectivity index (χ1v) is 17.2. The van der Waals surface area contributed by atoms with E-state index >= 15 is 0 Å². The van der Waals surface area contributed by atoms with E-state index in [0.29, 0.717) is 29.1 Å². The largest absolute Gasteiger partial charge is 0.494 e. The summed E-state index contributed by atoms with van der Waals surface area (Å²) < 4.78 is 5.74. The number of rotatable bonds is 15. The number of anilines is 2. The second-order valence-corrected chi connectivity index (χ2v) is 12.5. The molecule has 5 rings (SSSR count). The van der Waals surface area contributed by atoms with E-state index in [4.69, 9.17) is 4.74 Å². The van der Waals surface area contributed by atoms with Gasteiger partial charge < -0.3 is 20.7 Å². The van der Waals surface area contributed by atoms with E-state index in [1.807, 2.05) is 54.6 Å². The summed E-state index contributed by atoms with van der Waals surface area (Å²) in [7, 11) is 0. The Morgan fingerprint density at radius 1 is 0.784 bits per heavy atom. The number of hydrogen-bond acceptors (Lipinski definition) is 7. The summed E-state index contributed by atoms with van der Waals surface area (Å²) >= 11 is 1.36. The van der Waals surface area contributed by atoms with Crippen LogP contribution < -0.4 is 20.7 Å². The fourth-order valence-corrected chi connectivity index (χ4v) is 5.85. The number of ether oxygens (including phenoxy) is 1. The van der Waals surface area contributed by atoms with Gasteiger partial charge in [-0.1, -0.05) is 61.9 Å². The number of nitro benzene ring substituents is 1. The second kappa shape index (κ2) is 18.0. The quantitative estimate of drug-likeness (QED) is 0.0327. The van der Waals surface area contributed by atoms with Gasteiger partial charge in [-0.25, -0.2) is 0 Å². The maximum atomic E-state index is 13.6. The monoisotopic (exact) mass is 700 g/mol. The standard InChI is InChI=1S/C40H36N4O6S/c1-2-3-26-50-34-22-16-31(17-23-34)42-40(47)37(29-10-6-4-7-11-29)51-35-24-18-32(19-25-35)41-39(46)36(43-38(45)30-12-8-5-9-13-30)27-28-14-20-33(21-15-28)44(48)49/h4-25,27,37H,2-3,26H2,1H3,(H,41,46)(H,42,47)(H,43,45)/b36-27-. The molecule has 0 aliphatic carbocycles. The first-order chi connectivity index (χ1) is 24.8. The van der Waals surface area contributed by atoms with Gasteiger partial charge >= 0.3 is 0 Å². The van der Waals surface area contributed by atoms with E-state index in [2.05, 4.69) is 22.9 Å². The maximum absolute atomic E-state index is 13.6. The highest BCUT2D eigenvalue weighted by atomic mass is 32.2. The number of thioether (sulfide) groups is 1. The Balaban J connectivity index is 1.30. The zero-order chi connectivity index (χ0) is 36.0. The summed E-state index contributed by atoms with van der Waals surface area (Å²) in [6, 6.07) is 37.8. The second-order valence-electron chi connectivity index (χ2n) is 11.3. The van der Waals surface area contributed by atoms with E-state index in [-0.39, 0.29) is 17.3 Å². The fourth-order valence-electron chi connectivity index (χ4n) is 4.83. The molecular weight excluding hydrogens is 665 g/mol. The number of nitrogens with one attached hydrogen (secondary N) is 3. The number of amides is 3. The molecule has 3 amide bonds. The van der Waals surface area contributed by atoms with Crippen molar-refractivity contribution < 1.29 is 24.0 Å². The van der Waals surface area contributed by atoms with Crippen LogP contribution in [0.3, 0.4) is 0 Å². The lowest BCUT2D eigenvalue weighted by molar-refractivity contribution is -0.384. The molecular formula is C40H36N4O6S. The number of nitrogens with zero attached hydrogens (tertiary/aromatic N) is 1. The molecule has 258 valence electrons. The van der Waals surface area contributed by atoms with Crippen molar-refractivity contribution in [3.63, 3.8) is 0 Å². The topological polar surface area (TPSA) is 140 Å². The van der Waals surface area contributed by atoms with Gasteiger partial charge in [0.05, 0.1) is 11.5 Å². The Hall–Kier alpha value is -6.20. The van der Waals surface area contributed by atoms with E-state index < -0.39 is 22.0 Å². The van der Waals surface area contributed by atoms with Crippen LogP contribution in [-0.4, -0.2) is 29.3 Å². The molecule has 0 fully saturated rings. The lowest BCUT2D eigenvalue weighted by Crippen LogP contribution is -2.30. The fraction of sp³-hybridized carbons (Fsp3) is 0.125. The van der Waals surface area contributed by atoms with Gasteiger partial charge in [-0.15, -0.1) is 11.8 Å². The van der Waals surface area contributed by atoms with Crippen LogP contribution in [0.15, 0.2) is 144 Å². The van der Waals surface area contributed by atoms with Crippen molar-refractivity contribution in [2.75, 3.05) is 17.2 Å². The molecule has 1 atom stereocenters. The first-order valence-electron chi connectivity index (χ1n) is 16.3. The molecule has 0 spiro atoms. The Kier molecular flexibility index (Phi) is 12.7. The zero-order valence-corrected chi connectivity index (χ0v) is 28.6. The Labute approximate surface area is 300 Å². The van der Waals surface area contributed by atoms with E-state index in [9.17, 15) is 24.5 Å². The van der Waals surface area contributed by atoms with Gasteiger partial charge in [-0.3, -0.25) is 24.5 Å². The highest BCUT2D eigenvalue weighted by Gasteiger charge is 2.23. The molecule has 51 heavy (non-hydrogen) atoms. The number of carbonyl (C=O) groups excluding carboxylic acids is 3. The Morgan fingerprint density at radius 2 is 1.39 bits per heavy atom. The van der Waals surface area contributed by atoms with Crippen molar-refractivity contribution in [1.82, 2.24) is 5.32 Å². The van der Waals surface area contributed by atoms with Crippen LogP contribution in [0.5, 0.6) is 5.75 Å². The van der Waals surface area contributed by atoms with Crippen molar-refractivity contribution in [3.8, 4) is 5.75 Å². The summed E-state index contributed by atoms with van der Waals surface area (Å²) in [5.41, 5.74) is 2.61. The molecule has 0 bridgehead atoms. The number of non-ortho nitro benzene ring substituents is 1. The van der Waals surface area contributed by atoms with Crippen LogP contribution in [0.25, 0.3) is 6.08 Å². The number of unbranched alkanes of at least 4 members (excludes halogenated alkanes) is 1. The molecule has 0 aliphatic rings. The Morgan fingerprint density at radius 3 is 2.02 bits per heavy atom. The normalized spacial score (nSPS) is 11.6. The minimum Gasteiger partial charge on any atom is -0.494 e. The average molecular weight is 701 g/mol. The number of benzene rings is 5. The van der Waals surface area contributed by atoms with E-state index in [0.717, 1.165) is 29.1 Å². The smallest absolute Gasteiger partial charge is 0.272 e. The number of nitro groups is 1. The molecule has 0 saturated heterocycles. The van der Waals surface area contributed by atoms with Crippen molar-refractivity contribution in [2.24, 2.45) is 0 Å². The van der Waals surface area contributed by atoms with Gasteiger partial charge in [0.2, 0.25) is 5.91 Å². The molecule has 0 aliphatic heterocycles. The molecule has 3 N–H and O–H groups in total. The third-order valence-electron chi connectivity index (χ3n) is 7.54. The summed E-state index contributed by atoms with van der Waals surface area (Å²) in [4.78, 5) is 51.4. The minimum atomic E-state index is -0.596. The molecule has 0 radical (unpaired) electrons. The third-order valence-corrected chi connectivity index (χ3v) is 8.81. The van der Waals surface area contributed by atoms with Crippen LogP contribution in [0.2, 0.25) is 0 Å². The molecule has 10 nitrogen and oxygen atoms in total. The summed E-state index contributed by atoms with van der Waals surface area (Å²) in [5.74, 6) is -0.540. The van der Waals surface area contributed by atoms with Crippen LogP contribution in [0.4, 0.5) is 17.1 Å². The summed E-state index contributed by atoms with van der Waals surface area (Å²) in [6.45, 7) is 2.75. The molecule has 0 saturated carbocycles. The molecule has 1 unspecified atom stereocenters. The molecule has 11 heteroatoms. The summed E-state index contributed by atoms with van der Waals surface area (Å²) in [6.07, 6.45) is 3.46. The van der Waals surface area contributed by atoms with E-state index in [1.165, 1.54) is 42.1 Å². The van der Waals surface area contributed by atoms with Crippen molar-refractivity contribution in [1.29, 1.82) is 0 Å². The molecule has 5 aromatic rings. The van der Waals surface area contributed by atoms with Crippen molar-refractivity contribution >= 4 is 52.6 Å². The van der Waals surface area contributed by atoms with Crippen molar-refractivity contribution in [3.05, 3.63) is 166 Å². The van der Waals surface area contributed by atoms with Gasteiger partial charge in [0.25, 0.3) is 17.5 Å². The molecule has 0 heterocycles. The van der Waals surface area contributed by atoms with Crippen molar-refractivity contribution in [2.45, 2.75) is 29.9 Å². The van der Waals surface area contributed by atoms with Gasteiger partial charge in [-0.2, -0.15) is 0 Å². The molecule has 0 aromatic heterocycles. The first kappa shape index (κ1) is 36.1. The number of hydrogen-bond donors (Lipinski definition) is 3. The van der Waals surface area contributed by atoms with Gasteiger partial charge in [0.15, 0.2) is 0 Å². The summed E-state index contributed by atoms with van der Waals surface area (Å²) in [5, 5.41) is 19.0. The Bertz CT molecular complexity index is 1970.